The molecule has 2 atom stereocenters. The zero-order valence-corrected chi connectivity index (χ0v) is 12.8. The molecule has 1 saturated heterocycles. The summed E-state index contributed by atoms with van der Waals surface area (Å²) in [5.74, 6) is -0.835. The highest BCUT2D eigenvalue weighted by Crippen LogP contribution is 2.09. The first-order chi connectivity index (χ1) is 8.02. The number of nitrogens with zero attached hydrogens (tertiary/aromatic N) is 1. The highest BCUT2D eigenvalue weighted by atomic mass is 35.5. The van der Waals surface area contributed by atoms with E-state index in [4.69, 9.17) is 11.5 Å². The lowest BCUT2D eigenvalue weighted by molar-refractivity contribution is -0.127. The molecule has 5 N–H and O–H groups in total. The summed E-state index contributed by atoms with van der Waals surface area (Å²) in [6.07, 6.45) is 1.94. The Labute approximate surface area is 126 Å². The van der Waals surface area contributed by atoms with Crippen LogP contribution in [-0.4, -0.2) is 48.4 Å². The minimum Gasteiger partial charge on any atom is -0.370 e. The maximum Gasteiger partial charge on any atom is 0.237 e. The Kier molecular flexibility index (Phi) is 11.2. The molecule has 0 spiro atoms. The maximum absolute atomic E-state index is 11.7. The van der Waals surface area contributed by atoms with Crippen molar-refractivity contribution in [1.82, 2.24) is 10.2 Å². The zero-order chi connectivity index (χ0) is 12.8. The molecule has 114 valence electrons. The number of hydrogen-bond donors (Lipinski definition) is 3. The Morgan fingerprint density at radius 3 is 2.58 bits per heavy atom. The largest absolute Gasteiger partial charge is 0.370 e. The summed E-state index contributed by atoms with van der Waals surface area (Å²) >= 11 is 0. The third kappa shape index (κ3) is 7.57. The van der Waals surface area contributed by atoms with Gasteiger partial charge in [0.05, 0.1) is 12.5 Å². The first-order valence-corrected chi connectivity index (χ1v) is 6.09. The van der Waals surface area contributed by atoms with Crippen LogP contribution in [0.25, 0.3) is 0 Å². The van der Waals surface area contributed by atoms with E-state index >= 15 is 0 Å². The molecule has 2 unspecified atom stereocenters. The average molecular weight is 315 g/mol. The van der Waals surface area contributed by atoms with Crippen molar-refractivity contribution < 1.29 is 9.59 Å². The molecule has 0 aromatic rings. The van der Waals surface area contributed by atoms with Crippen LogP contribution in [-0.2, 0) is 9.59 Å². The van der Waals surface area contributed by atoms with Gasteiger partial charge in [-0.15, -0.1) is 24.8 Å². The highest BCUT2D eigenvalue weighted by Gasteiger charge is 2.23. The van der Waals surface area contributed by atoms with Gasteiger partial charge in [0.15, 0.2) is 0 Å². The third-order valence-electron chi connectivity index (χ3n) is 3.06. The number of carbonyl (C=O) groups excluding carboxylic acids is 2. The van der Waals surface area contributed by atoms with Crippen LogP contribution < -0.4 is 16.8 Å². The minimum absolute atomic E-state index is 0. The molecule has 1 fully saturated rings. The summed E-state index contributed by atoms with van der Waals surface area (Å²) in [4.78, 5) is 24.6. The second kappa shape index (κ2) is 10.3. The van der Waals surface area contributed by atoms with E-state index in [1.165, 1.54) is 0 Å². The van der Waals surface area contributed by atoms with Crippen molar-refractivity contribution in [2.45, 2.75) is 38.3 Å². The van der Waals surface area contributed by atoms with Crippen molar-refractivity contribution in [1.29, 1.82) is 0 Å². The number of likely N-dealkylation sites (tertiary alicyclic amines) is 1. The van der Waals surface area contributed by atoms with E-state index in [1.807, 2.05) is 0 Å². The fourth-order valence-electron chi connectivity index (χ4n) is 2.08. The number of nitrogens with two attached hydrogens (primary N) is 2. The molecule has 1 heterocycles. The Balaban J connectivity index is 0. The van der Waals surface area contributed by atoms with Crippen LogP contribution in [0.15, 0.2) is 0 Å². The molecular formula is C11H24Cl2N4O2. The molecule has 1 aliphatic heterocycles. The second-order valence-corrected chi connectivity index (χ2v) is 4.52. The minimum atomic E-state index is -0.829. The number of carbonyl (C=O) groups is 2. The molecule has 1 aliphatic rings. The fraction of sp³-hybridized carbons (Fsp3) is 0.818. The van der Waals surface area contributed by atoms with Crippen molar-refractivity contribution in [3.05, 3.63) is 0 Å². The number of hydrogen-bond acceptors (Lipinski definition) is 4. The topological polar surface area (TPSA) is 101 Å². The van der Waals surface area contributed by atoms with Crippen molar-refractivity contribution in [2.24, 2.45) is 11.5 Å². The molecule has 0 aliphatic carbocycles. The molecule has 8 heteroatoms. The average Bonchev–Trinajstić information content (AvgIpc) is 2.28. The number of nitrogens with one attached hydrogen (secondary N) is 1. The Hall–Kier alpha value is -0.560. The number of halogens is 2. The summed E-state index contributed by atoms with van der Waals surface area (Å²) in [5.41, 5.74) is 10.6. The summed E-state index contributed by atoms with van der Waals surface area (Å²) in [5, 5.41) is 2.87. The van der Waals surface area contributed by atoms with E-state index in [-0.39, 0.29) is 43.2 Å². The van der Waals surface area contributed by atoms with E-state index in [9.17, 15) is 9.59 Å². The van der Waals surface area contributed by atoms with Crippen molar-refractivity contribution >= 4 is 36.6 Å². The van der Waals surface area contributed by atoms with Crippen LogP contribution in [0, 0.1) is 0 Å². The molecule has 0 aromatic heterocycles. The Morgan fingerprint density at radius 2 is 2.05 bits per heavy atom. The lowest BCUT2D eigenvalue weighted by Gasteiger charge is -2.32. The van der Waals surface area contributed by atoms with Gasteiger partial charge in [-0.1, -0.05) is 6.92 Å². The lowest BCUT2D eigenvalue weighted by atomic mass is 10.0. The maximum atomic E-state index is 11.7. The van der Waals surface area contributed by atoms with Crippen molar-refractivity contribution in [2.75, 3.05) is 19.6 Å². The van der Waals surface area contributed by atoms with Gasteiger partial charge in [-0.05, 0) is 25.9 Å². The van der Waals surface area contributed by atoms with Crippen LogP contribution in [0.1, 0.15) is 26.2 Å². The quantitative estimate of drug-likeness (QED) is 0.644. The summed E-state index contributed by atoms with van der Waals surface area (Å²) in [6, 6.07) is -0.695. The SMILES string of the molecule is CCN1CCCC(NC(=O)C(N)CC(N)=O)C1.Cl.Cl. The standard InChI is InChI=1S/C11H22N4O2.2ClH/c1-2-15-5-3-4-8(7-15)14-11(17)9(12)6-10(13)16;;/h8-9H,2-7,12H2,1H3,(H2,13,16)(H,14,17);2*1H. The predicted octanol–water partition coefficient (Wildman–Crippen LogP) is -0.367. The lowest BCUT2D eigenvalue weighted by Crippen LogP contribution is -2.52. The normalized spacial score (nSPS) is 20.6. The van der Waals surface area contributed by atoms with Gasteiger partial charge in [-0.3, -0.25) is 9.59 Å². The fourth-order valence-corrected chi connectivity index (χ4v) is 2.08. The molecule has 0 bridgehead atoms. The monoisotopic (exact) mass is 314 g/mol. The number of rotatable bonds is 5. The molecule has 0 radical (unpaired) electrons. The van der Waals surface area contributed by atoms with E-state index in [2.05, 4.69) is 17.1 Å². The van der Waals surface area contributed by atoms with Crippen LogP contribution in [0.2, 0.25) is 0 Å². The predicted molar refractivity (Wildman–Crippen MR) is 79.6 cm³/mol. The van der Waals surface area contributed by atoms with Crippen LogP contribution >= 0.6 is 24.8 Å². The Bertz CT molecular complexity index is 292. The molecule has 0 saturated carbocycles. The number of likely N-dealkylation sites (N-methyl/N-ethyl adjacent to an activating group) is 1. The van der Waals surface area contributed by atoms with Crippen molar-refractivity contribution in [3.8, 4) is 0 Å². The van der Waals surface area contributed by atoms with Gasteiger partial charge in [0.25, 0.3) is 0 Å². The Morgan fingerprint density at radius 1 is 1.42 bits per heavy atom. The van der Waals surface area contributed by atoms with E-state index in [1.54, 1.807) is 0 Å². The number of primary amides is 1. The smallest absolute Gasteiger partial charge is 0.237 e. The highest BCUT2D eigenvalue weighted by molar-refractivity contribution is 5.87. The van der Waals surface area contributed by atoms with Gasteiger partial charge >= 0.3 is 0 Å². The molecule has 0 aromatic carbocycles. The van der Waals surface area contributed by atoms with Crippen LogP contribution in [0.3, 0.4) is 0 Å². The first kappa shape index (κ1) is 20.8. The summed E-state index contributed by atoms with van der Waals surface area (Å²) in [6.45, 7) is 5.02. The van der Waals surface area contributed by atoms with Gasteiger partial charge < -0.3 is 21.7 Å². The molecular weight excluding hydrogens is 291 g/mol. The molecule has 1 rings (SSSR count). The molecule has 6 nitrogen and oxygen atoms in total. The first-order valence-electron chi connectivity index (χ1n) is 6.09. The van der Waals surface area contributed by atoms with Gasteiger partial charge in [0, 0.05) is 12.6 Å². The molecule has 19 heavy (non-hydrogen) atoms. The zero-order valence-electron chi connectivity index (χ0n) is 11.1. The summed E-state index contributed by atoms with van der Waals surface area (Å²) < 4.78 is 0. The third-order valence-corrected chi connectivity index (χ3v) is 3.06. The number of piperidine rings is 1. The van der Waals surface area contributed by atoms with Crippen LogP contribution in [0.5, 0.6) is 0 Å². The summed E-state index contributed by atoms with van der Waals surface area (Å²) in [7, 11) is 0. The van der Waals surface area contributed by atoms with Gasteiger partial charge in [0.2, 0.25) is 11.8 Å². The second-order valence-electron chi connectivity index (χ2n) is 4.52. The molecule has 2 amide bonds. The van der Waals surface area contributed by atoms with Gasteiger partial charge in [-0.2, -0.15) is 0 Å². The van der Waals surface area contributed by atoms with Crippen molar-refractivity contribution in [3.63, 3.8) is 0 Å². The van der Waals surface area contributed by atoms with E-state index < -0.39 is 11.9 Å². The van der Waals surface area contributed by atoms with E-state index in [0.29, 0.717) is 0 Å². The van der Waals surface area contributed by atoms with Gasteiger partial charge in [0.1, 0.15) is 0 Å². The van der Waals surface area contributed by atoms with Crippen LogP contribution in [0.4, 0.5) is 0 Å². The van der Waals surface area contributed by atoms with E-state index in [0.717, 1.165) is 32.5 Å². The van der Waals surface area contributed by atoms with Gasteiger partial charge in [-0.25, -0.2) is 0 Å². The number of amides is 2.